The lowest BCUT2D eigenvalue weighted by molar-refractivity contribution is -0.154. The van der Waals surface area contributed by atoms with Crippen LogP contribution in [0.15, 0.2) is 0 Å². The van der Waals surface area contributed by atoms with Crippen molar-refractivity contribution in [2.75, 3.05) is 19.8 Å². The Labute approximate surface area is 118 Å². The summed E-state index contributed by atoms with van der Waals surface area (Å²) in [4.78, 5) is 12.0. The monoisotopic (exact) mass is 273 g/mol. The van der Waals surface area contributed by atoms with Gasteiger partial charge in [0.05, 0.1) is 19.3 Å². The molecule has 0 spiro atoms. The molecule has 0 aromatic carbocycles. The van der Waals surface area contributed by atoms with Crippen LogP contribution in [0, 0.1) is 5.92 Å². The van der Waals surface area contributed by atoms with Gasteiger partial charge in [0, 0.05) is 0 Å². The minimum absolute atomic E-state index is 0.150. The second kappa shape index (κ2) is 9.32. The summed E-state index contributed by atoms with van der Waals surface area (Å²) in [6.45, 7) is 13.6. The Morgan fingerprint density at radius 1 is 1.26 bits per heavy atom. The highest BCUT2D eigenvalue weighted by atomic mass is 16.5. The normalized spacial score (nSPS) is 16.2. The topological polar surface area (TPSA) is 47.6 Å². The quantitative estimate of drug-likeness (QED) is 0.622. The van der Waals surface area contributed by atoms with E-state index in [1.807, 2.05) is 20.8 Å². The van der Waals surface area contributed by atoms with Crippen LogP contribution in [0.2, 0.25) is 0 Å². The number of carbonyl (C=O) groups excluding carboxylic acids is 1. The van der Waals surface area contributed by atoms with Gasteiger partial charge >= 0.3 is 5.97 Å². The molecule has 0 radical (unpaired) electrons. The molecule has 0 aliphatic heterocycles. The number of ether oxygens (including phenoxy) is 2. The van der Waals surface area contributed by atoms with Crippen LogP contribution in [0.5, 0.6) is 0 Å². The van der Waals surface area contributed by atoms with E-state index in [9.17, 15) is 4.79 Å². The number of hydrogen-bond acceptors (Lipinski definition) is 4. The fourth-order valence-corrected chi connectivity index (χ4v) is 1.91. The highest BCUT2D eigenvalue weighted by Gasteiger charge is 2.35. The number of hydrogen-bond donors (Lipinski definition) is 1. The molecular formula is C15H31NO3. The molecule has 0 aromatic rings. The van der Waals surface area contributed by atoms with Crippen LogP contribution < -0.4 is 5.32 Å². The van der Waals surface area contributed by atoms with Gasteiger partial charge in [-0.25, -0.2) is 4.79 Å². The molecule has 19 heavy (non-hydrogen) atoms. The summed E-state index contributed by atoms with van der Waals surface area (Å²) in [6.07, 6.45) is 2.11. The van der Waals surface area contributed by atoms with E-state index in [-0.39, 0.29) is 12.1 Å². The standard InChI is InChI=1S/C15H31NO3/c1-7-9-16-15(6,14(17)18-8-2)11-19-13(5)10-12(3)4/h12-13,16H,7-11H2,1-6H3. The van der Waals surface area contributed by atoms with E-state index in [0.717, 1.165) is 19.4 Å². The lowest BCUT2D eigenvalue weighted by atomic mass is 10.0. The summed E-state index contributed by atoms with van der Waals surface area (Å²) in [5.74, 6) is 0.354. The Hall–Kier alpha value is -0.610. The molecule has 114 valence electrons. The van der Waals surface area contributed by atoms with Gasteiger partial charge in [0.1, 0.15) is 5.54 Å². The number of nitrogens with one attached hydrogen (secondary N) is 1. The van der Waals surface area contributed by atoms with Crippen LogP contribution in [0.25, 0.3) is 0 Å². The predicted octanol–water partition coefficient (Wildman–Crippen LogP) is 2.76. The molecule has 2 atom stereocenters. The van der Waals surface area contributed by atoms with Gasteiger partial charge in [0.15, 0.2) is 0 Å². The maximum Gasteiger partial charge on any atom is 0.328 e. The van der Waals surface area contributed by atoms with Crippen molar-refractivity contribution in [1.29, 1.82) is 0 Å². The fraction of sp³-hybridized carbons (Fsp3) is 0.933. The number of esters is 1. The van der Waals surface area contributed by atoms with Crippen LogP contribution >= 0.6 is 0 Å². The van der Waals surface area contributed by atoms with Crippen molar-refractivity contribution in [1.82, 2.24) is 5.32 Å². The molecule has 1 N–H and O–H groups in total. The Bertz CT molecular complexity index is 256. The largest absolute Gasteiger partial charge is 0.465 e. The number of rotatable bonds is 10. The molecule has 0 aliphatic carbocycles. The highest BCUT2D eigenvalue weighted by molar-refractivity contribution is 5.80. The third kappa shape index (κ3) is 7.53. The van der Waals surface area contributed by atoms with Crippen molar-refractivity contribution in [2.24, 2.45) is 5.92 Å². The van der Waals surface area contributed by atoms with E-state index in [0.29, 0.717) is 19.1 Å². The molecule has 0 saturated carbocycles. The second-order valence-electron chi connectivity index (χ2n) is 5.73. The summed E-state index contributed by atoms with van der Waals surface area (Å²) in [5.41, 5.74) is -0.753. The van der Waals surface area contributed by atoms with Gasteiger partial charge in [-0.15, -0.1) is 0 Å². The van der Waals surface area contributed by atoms with Gasteiger partial charge in [0.2, 0.25) is 0 Å². The second-order valence-corrected chi connectivity index (χ2v) is 5.73. The van der Waals surface area contributed by atoms with Gasteiger partial charge in [-0.1, -0.05) is 20.8 Å². The first-order valence-electron chi connectivity index (χ1n) is 7.39. The first-order valence-corrected chi connectivity index (χ1v) is 7.39. The lowest BCUT2D eigenvalue weighted by Crippen LogP contribution is -2.54. The van der Waals surface area contributed by atoms with Crippen LogP contribution in [-0.2, 0) is 14.3 Å². The molecule has 0 fully saturated rings. The minimum atomic E-state index is -0.753. The number of carbonyl (C=O) groups is 1. The summed E-state index contributed by atoms with van der Waals surface area (Å²) >= 11 is 0. The van der Waals surface area contributed by atoms with E-state index in [2.05, 4.69) is 26.1 Å². The van der Waals surface area contributed by atoms with Crippen molar-refractivity contribution in [3.05, 3.63) is 0 Å². The molecular weight excluding hydrogens is 242 g/mol. The molecule has 0 bridgehead atoms. The molecule has 0 amide bonds. The van der Waals surface area contributed by atoms with Crippen LogP contribution in [0.3, 0.4) is 0 Å². The summed E-state index contributed by atoms with van der Waals surface area (Å²) < 4.78 is 11.0. The Morgan fingerprint density at radius 2 is 1.89 bits per heavy atom. The molecule has 0 aliphatic rings. The average Bonchev–Trinajstić information content (AvgIpc) is 2.33. The highest BCUT2D eigenvalue weighted by Crippen LogP contribution is 2.13. The molecule has 0 aromatic heterocycles. The SMILES string of the molecule is CCCNC(C)(COC(C)CC(C)C)C(=O)OCC. The summed E-state index contributed by atoms with van der Waals surface area (Å²) in [6, 6.07) is 0. The Morgan fingerprint density at radius 3 is 2.37 bits per heavy atom. The summed E-state index contributed by atoms with van der Waals surface area (Å²) in [7, 11) is 0. The van der Waals surface area contributed by atoms with E-state index in [1.54, 1.807) is 0 Å². The molecule has 2 unspecified atom stereocenters. The van der Waals surface area contributed by atoms with Crippen LogP contribution in [-0.4, -0.2) is 37.4 Å². The van der Waals surface area contributed by atoms with Crippen molar-refractivity contribution < 1.29 is 14.3 Å². The van der Waals surface area contributed by atoms with Gasteiger partial charge in [-0.2, -0.15) is 0 Å². The zero-order valence-corrected chi connectivity index (χ0v) is 13.4. The predicted molar refractivity (Wildman–Crippen MR) is 78.2 cm³/mol. The molecule has 4 heteroatoms. The molecule has 4 nitrogen and oxygen atoms in total. The molecule has 0 saturated heterocycles. The van der Waals surface area contributed by atoms with E-state index < -0.39 is 5.54 Å². The zero-order valence-electron chi connectivity index (χ0n) is 13.4. The maximum absolute atomic E-state index is 12.0. The Kier molecular flexibility index (Phi) is 9.02. The molecule has 0 heterocycles. The van der Waals surface area contributed by atoms with Crippen molar-refractivity contribution in [3.63, 3.8) is 0 Å². The first-order chi connectivity index (χ1) is 8.85. The first kappa shape index (κ1) is 18.4. The van der Waals surface area contributed by atoms with Crippen LogP contribution in [0.1, 0.15) is 54.4 Å². The minimum Gasteiger partial charge on any atom is -0.465 e. The van der Waals surface area contributed by atoms with Crippen molar-refractivity contribution in [3.8, 4) is 0 Å². The lowest BCUT2D eigenvalue weighted by Gasteiger charge is -2.30. The van der Waals surface area contributed by atoms with Gasteiger partial charge in [0.25, 0.3) is 0 Å². The zero-order chi connectivity index (χ0) is 14.9. The third-order valence-corrected chi connectivity index (χ3v) is 2.95. The van der Waals surface area contributed by atoms with E-state index >= 15 is 0 Å². The fourth-order valence-electron chi connectivity index (χ4n) is 1.91. The van der Waals surface area contributed by atoms with E-state index in [4.69, 9.17) is 9.47 Å². The summed E-state index contributed by atoms with van der Waals surface area (Å²) in [5, 5.41) is 3.24. The van der Waals surface area contributed by atoms with Crippen LogP contribution in [0.4, 0.5) is 0 Å². The van der Waals surface area contributed by atoms with Crippen molar-refractivity contribution in [2.45, 2.75) is 66.0 Å². The molecule has 0 rings (SSSR count). The maximum atomic E-state index is 12.0. The van der Waals surface area contributed by atoms with Gasteiger partial charge < -0.3 is 14.8 Å². The average molecular weight is 273 g/mol. The van der Waals surface area contributed by atoms with Gasteiger partial charge in [-0.3, -0.25) is 0 Å². The third-order valence-electron chi connectivity index (χ3n) is 2.95. The smallest absolute Gasteiger partial charge is 0.328 e. The van der Waals surface area contributed by atoms with E-state index in [1.165, 1.54) is 0 Å². The Balaban J connectivity index is 4.45. The van der Waals surface area contributed by atoms with Gasteiger partial charge in [-0.05, 0) is 46.1 Å². The van der Waals surface area contributed by atoms with Crippen molar-refractivity contribution >= 4 is 5.97 Å².